The van der Waals surface area contributed by atoms with Crippen LogP contribution in [0.1, 0.15) is 30.5 Å². The normalized spacial score (nSPS) is 15.2. The quantitative estimate of drug-likeness (QED) is 0.525. The highest BCUT2D eigenvalue weighted by Crippen LogP contribution is 2.31. The van der Waals surface area contributed by atoms with Crippen LogP contribution in [0.25, 0.3) is 6.08 Å². The molecule has 5 heteroatoms. The van der Waals surface area contributed by atoms with Crippen molar-refractivity contribution < 1.29 is 13.6 Å². The van der Waals surface area contributed by atoms with E-state index in [2.05, 4.69) is 0 Å². The largest absolute Gasteiger partial charge is 0.304 e. The lowest BCUT2D eigenvalue weighted by Gasteiger charge is -2.27. The number of hydrogen-bond donors (Lipinski definition) is 0. The van der Waals surface area contributed by atoms with Gasteiger partial charge in [0, 0.05) is 17.2 Å². The summed E-state index contributed by atoms with van der Waals surface area (Å²) in [4.78, 5) is 19.9. The molecule has 0 saturated heterocycles. The van der Waals surface area contributed by atoms with Crippen molar-refractivity contribution in [3.8, 4) is 0 Å². The van der Waals surface area contributed by atoms with Crippen molar-refractivity contribution in [1.82, 2.24) is 0 Å². The fourth-order valence-corrected chi connectivity index (χ4v) is 3.50. The lowest BCUT2D eigenvalue weighted by molar-refractivity contribution is -0.115. The van der Waals surface area contributed by atoms with Gasteiger partial charge in [-0.05, 0) is 68.0 Å². The molecule has 0 unspecified atom stereocenters. The Morgan fingerprint density at radius 1 is 0.867 bits per heavy atom. The SMILES string of the molecule is CC(C)N1C(=O)/C(=C/c2ccc(F)cc2)N=C(c2ccc(F)cc2)c2ccccc21. The molecule has 0 saturated carbocycles. The van der Waals surface area contributed by atoms with E-state index in [9.17, 15) is 13.6 Å². The maximum atomic E-state index is 13.5. The van der Waals surface area contributed by atoms with E-state index in [1.807, 2.05) is 38.1 Å². The van der Waals surface area contributed by atoms with Crippen molar-refractivity contribution in [2.75, 3.05) is 4.90 Å². The summed E-state index contributed by atoms with van der Waals surface area (Å²) in [5.74, 6) is -0.946. The minimum Gasteiger partial charge on any atom is -0.304 e. The monoisotopic (exact) mass is 402 g/mol. The molecule has 3 nitrogen and oxygen atoms in total. The topological polar surface area (TPSA) is 32.7 Å². The van der Waals surface area contributed by atoms with Crippen molar-refractivity contribution in [1.29, 1.82) is 0 Å². The third-order valence-corrected chi connectivity index (χ3v) is 4.90. The maximum Gasteiger partial charge on any atom is 0.277 e. The second kappa shape index (κ2) is 8.03. The zero-order valence-electron chi connectivity index (χ0n) is 16.6. The predicted molar refractivity (Wildman–Crippen MR) is 115 cm³/mol. The Bertz CT molecular complexity index is 1150. The van der Waals surface area contributed by atoms with Gasteiger partial charge in [0.1, 0.15) is 17.3 Å². The maximum absolute atomic E-state index is 13.5. The van der Waals surface area contributed by atoms with Crippen LogP contribution in [0.4, 0.5) is 14.5 Å². The molecular weight excluding hydrogens is 382 g/mol. The average Bonchev–Trinajstić information content (AvgIpc) is 2.85. The third-order valence-electron chi connectivity index (χ3n) is 4.90. The molecule has 0 fully saturated rings. The zero-order chi connectivity index (χ0) is 21.3. The summed E-state index contributed by atoms with van der Waals surface area (Å²) in [5, 5.41) is 0. The molecule has 3 aromatic rings. The summed E-state index contributed by atoms with van der Waals surface area (Å²) >= 11 is 0. The summed E-state index contributed by atoms with van der Waals surface area (Å²) in [5.41, 5.74) is 3.70. The van der Waals surface area contributed by atoms with Gasteiger partial charge in [-0.1, -0.05) is 30.3 Å². The molecule has 1 heterocycles. The summed E-state index contributed by atoms with van der Waals surface area (Å²) in [6, 6.07) is 19.3. The second-order valence-electron chi connectivity index (χ2n) is 7.33. The molecule has 0 bridgehead atoms. The minimum atomic E-state index is -0.351. The molecule has 0 N–H and O–H groups in total. The average molecular weight is 402 g/mol. The first-order valence-electron chi connectivity index (χ1n) is 9.69. The van der Waals surface area contributed by atoms with Crippen LogP contribution < -0.4 is 4.90 Å². The van der Waals surface area contributed by atoms with E-state index in [-0.39, 0.29) is 29.3 Å². The van der Waals surface area contributed by atoms with Crippen LogP contribution in [0.15, 0.2) is 83.5 Å². The summed E-state index contributed by atoms with van der Waals surface area (Å²) in [6.07, 6.45) is 1.65. The fraction of sp³-hybridized carbons (Fsp3) is 0.120. The van der Waals surface area contributed by atoms with E-state index in [1.165, 1.54) is 24.3 Å². The molecule has 30 heavy (non-hydrogen) atoms. The molecule has 0 atom stereocenters. The molecule has 0 aromatic heterocycles. The molecule has 0 aliphatic carbocycles. The standard InChI is InChI=1S/C25H20F2N2O/c1-16(2)29-23-6-4-3-5-21(23)24(18-9-13-20(27)14-10-18)28-22(25(29)30)15-17-7-11-19(26)12-8-17/h3-16H,1-2H3/b22-15-. The summed E-state index contributed by atoms with van der Waals surface area (Å²) in [7, 11) is 0. The highest BCUT2D eigenvalue weighted by Gasteiger charge is 2.30. The molecule has 3 aromatic carbocycles. The summed E-state index contributed by atoms with van der Waals surface area (Å²) in [6.45, 7) is 3.88. The number of carbonyl (C=O) groups excluding carboxylic acids is 1. The van der Waals surface area contributed by atoms with Crippen LogP contribution in [0.5, 0.6) is 0 Å². The van der Waals surface area contributed by atoms with E-state index < -0.39 is 0 Å². The van der Waals surface area contributed by atoms with Gasteiger partial charge >= 0.3 is 0 Å². The fourth-order valence-electron chi connectivity index (χ4n) is 3.50. The van der Waals surface area contributed by atoms with Gasteiger partial charge in [-0.3, -0.25) is 4.79 Å². The van der Waals surface area contributed by atoms with Gasteiger partial charge in [-0.2, -0.15) is 0 Å². The number of aliphatic imine (C=N–C) groups is 1. The van der Waals surface area contributed by atoms with Crippen LogP contribution >= 0.6 is 0 Å². The highest BCUT2D eigenvalue weighted by molar-refractivity contribution is 6.23. The van der Waals surface area contributed by atoms with Crippen LogP contribution in [0.3, 0.4) is 0 Å². The van der Waals surface area contributed by atoms with Gasteiger partial charge in [-0.25, -0.2) is 13.8 Å². The zero-order valence-corrected chi connectivity index (χ0v) is 16.6. The van der Waals surface area contributed by atoms with E-state index >= 15 is 0 Å². The van der Waals surface area contributed by atoms with Gasteiger partial charge in [0.25, 0.3) is 5.91 Å². The van der Waals surface area contributed by atoms with Crippen LogP contribution in [0, 0.1) is 11.6 Å². The first-order valence-corrected chi connectivity index (χ1v) is 9.69. The number of nitrogens with zero attached hydrogens (tertiary/aromatic N) is 2. The van der Waals surface area contributed by atoms with Crippen molar-refractivity contribution in [2.24, 2.45) is 4.99 Å². The van der Waals surface area contributed by atoms with Crippen LogP contribution in [-0.4, -0.2) is 17.7 Å². The van der Waals surface area contributed by atoms with E-state index in [4.69, 9.17) is 4.99 Å². The molecule has 0 radical (unpaired) electrons. The van der Waals surface area contributed by atoms with Gasteiger partial charge < -0.3 is 4.90 Å². The molecular formula is C25H20F2N2O. The molecule has 1 aliphatic heterocycles. The number of amides is 1. The van der Waals surface area contributed by atoms with Crippen molar-refractivity contribution in [3.63, 3.8) is 0 Å². The Balaban J connectivity index is 1.96. The molecule has 1 amide bonds. The van der Waals surface area contributed by atoms with Crippen molar-refractivity contribution in [2.45, 2.75) is 19.9 Å². The minimum absolute atomic E-state index is 0.113. The number of fused-ring (bicyclic) bond motifs is 1. The third kappa shape index (κ3) is 3.79. The molecule has 4 rings (SSSR count). The number of halogens is 2. The van der Waals surface area contributed by atoms with Gasteiger partial charge in [0.15, 0.2) is 0 Å². The van der Waals surface area contributed by atoms with Gasteiger partial charge in [0.2, 0.25) is 0 Å². The molecule has 1 aliphatic rings. The Morgan fingerprint density at radius 3 is 2.10 bits per heavy atom. The highest BCUT2D eigenvalue weighted by atomic mass is 19.1. The molecule has 0 spiro atoms. The number of benzene rings is 3. The predicted octanol–water partition coefficient (Wildman–Crippen LogP) is 5.60. The lowest BCUT2D eigenvalue weighted by atomic mass is 10.00. The van der Waals surface area contributed by atoms with E-state index in [0.717, 1.165) is 11.3 Å². The molecule has 150 valence electrons. The van der Waals surface area contributed by atoms with Crippen LogP contribution in [0.2, 0.25) is 0 Å². The van der Waals surface area contributed by atoms with Crippen LogP contribution in [-0.2, 0) is 4.79 Å². The number of rotatable bonds is 3. The number of benzodiazepines with no additional fused rings is 1. The first kappa shape index (κ1) is 19.7. The van der Waals surface area contributed by atoms with Crippen molar-refractivity contribution >= 4 is 23.4 Å². The Hall–Kier alpha value is -3.60. The van der Waals surface area contributed by atoms with Crippen molar-refractivity contribution in [3.05, 3.63) is 107 Å². The van der Waals surface area contributed by atoms with E-state index in [1.54, 1.807) is 35.2 Å². The van der Waals surface area contributed by atoms with Gasteiger partial charge in [-0.15, -0.1) is 0 Å². The Kier molecular flexibility index (Phi) is 5.27. The lowest BCUT2D eigenvalue weighted by Crippen LogP contribution is -2.37. The van der Waals surface area contributed by atoms with E-state index in [0.29, 0.717) is 16.8 Å². The smallest absolute Gasteiger partial charge is 0.277 e. The number of anilines is 1. The second-order valence-corrected chi connectivity index (χ2v) is 7.33. The number of para-hydroxylation sites is 1. The Morgan fingerprint density at radius 2 is 1.47 bits per heavy atom. The summed E-state index contributed by atoms with van der Waals surface area (Å²) < 4.78 is 26.8. The Labute approximate surface area is 174 Å². The first-order chi connectivity index (χ1) is 14.4. The number of hydrogen-bond acceptors (Lipinski definition) is 2. The van der Waals surface area contributed by atoms with Gasteiger partial charge in [0.05, 0.1) is 11.4 Å². The number of carbonyl (C=O) groups is 1.